The average Bonchev–Trinajstić information content (AvgIpc) is 3.43. The number of ether oxygens (including phenoxy) is 1. The molecule has 0 fully saturated rings. The van der Waals surface area contributed by atoms with Crippen molar-refractivity contribution in [2.45, 2.75) is 25.0 Å². The molecule has 2 aliphatic rings. The number of hydrogen-bond acceptors (Lipinski definition) is 3. The zero-order valence-electron chi connectivity index (χ0n) is 20.1. The van der Waals surface area contributed by atoms with Crippen LogP contribution < -0.4 is 10.1 Å². The molecule has 4 aromatic rings. The molecule has 184 valence electrons. The van der Waals surface area contributed by atoms with Crippen LogP contribution in [0.15, 0.2) is 113 Å². The maximum atomic E-state index is 13.2. The Kier molecular flexibility index (Phi) is 6.62. The zero-order valence-corrected chi connectivity index (χ0v) is 21.7. The number of allylic oxidation sites excluding steroid dienone is 2. The van der Waals surface area contributed by atoms with E-state index in [1.165, 1.54) is 28.9 Å². The first-order valence-corrected chi connectivity index (χ1v) is 13.3. The van der Waals surface area contributed by atoms with Gasteiger partial charge in [-0.1, -0.05) is 70.5 Å². The molecule has 0 amide bonds. The minimum Gasteiger partial charge on any atom is -0.488 e. The molecule has 1 N–H and O–H groups in total. The number of rotatable bonds is 6. The Hall–Kier alpha value is -3.70. The highest BCUT2D eigenvalue weighted by molar-refractivity contribution is 9.10. The van der Waals surface area contributed by atoms with E-state index < -0.39 is 0 Å². The third-order valence-electron chi connectivity index (χ3n) is 7.16. The van der Waals surface area contributed by atoms with E-state index in [-0.39, 0.29) is 11.9 Å². The van der Waals surface area contributed by atoms with Gasteiger partial charge >= 0.3 is 0 Å². The van der Waals surface area contributed by atoms with Gasteiger partial charge in [-0.3, -0.25) is 4.99 Å². The summed E-state index contributed by atoms with van der Waals surface area (Å²) in [5, 5.41) is 3.79. The summed E-state index contributed by atoms with van der Waals surface area (Å²) in [5.41, 5.74) is 6.55. The zero-order chi connectivity index (χ0) is 25.2. The largest absolute Gasteiger partial charge is 0.488 e. The number of hydrogen-bond donors (Lipinski definition) is 1. The smallest absolute Gasteiger partial charge is 0.128 e. The molecule has 6 rings (SSSR count). The minimum atomic E-state index is -0.255. The van der Waals surface area contributed by atoms with Gasteiger partial charge in [0.1, 0.15) is 18.2 Å². The lowest BCUT2D eigenvalue weighted by Crippen LogP contribution is -2.28. The van der Waals surface area contributed by atoms with E-state index in [4.69, 9.17) is 9.73 Å². The number of aliphatic imine (C=N–C) groups is 1. The molecule has 0 unspecified atom stereocenters. The molecule has 0 saturated heterocycles. The normalized spacial score (nSPS) is 19.9. The van der Waals surface area contributed by atoms with Crippen LogP contribution in [-0.2, 0) is 6.61 Å². The molecule has 1 aliphatic carbocycles. The number of halogens is 2. The lowest BCUT2D eigenvalue weighted by Gasteiger charge is -2.37. The molecular weight excluding hydrogens is 527 g/mol. The lowest BCUT2D eigenvalue weighted by atomic mass is 9.77. The summed E-state index contributed by atoms with van der Waals surface area (Å²) in [6.07, 6.45) is 7.59. The van der Waals surface area contributed by atoms with Crippen LogP contribution >= 0.6 is 15.9 Å². The molecule has 3 atom stereocenters. The molecule has 0 spiro atoms. The second-order valence-electron chi connectivity index (χ2n) is 9.51. The van der Waals surface area contributed by atoms with Crippen molar-refractivity contribution in [3.05, 3.63) is 136 Å². The topological polar surface area (TPSA) is 33.6 Å². The molecule has 1 heterocycles. The van der Waals surface area contributed by atoms with Gasteiger partial charge in [-0.2, -0.15) is 0 Å². The summed E-state index contributed by atoms with van der Waals surface area (Å²) in [7, 11) is 0. The Morgan fingerprint density at radius 3 is 2.62 bits per heavy atom. The Balaban J connectivity index is 1.18. The molecular formula is C32H26BrFN2O. The van der Waals surface area contributed by atoms with Crippen molar-refractivity contribution in [3.8, 4) is 5.75 Å². The number of anilines is 1. The van der Waals surface area contributed by atoms with Gasteiger partial charge < -0.3 is 10.1 Å². The summed E-state index contributed by atoms with van der Waals surface area (Å²) >= 11 is 3.54. The molecule has 0 saturated carbocycles. The van der Waals surface area contributed by atoms with Crippen LogP contribution in [0.4, 0.5) is 15.8 Å². The number of para-hydroxylation sites is 1. The van der Waals surface area contributed by atoms with E-state index in [1.54, 1.807) is 12.1 Å². The van der Waals surface area contributed by atoms with Gasteiger partial charge in [-0.05, 0) is 77.6 Å². The Bertz CT molecular complexity index is 1460. The van der Waals surface area contributed by atoms with E-state index in [0.29, 0.717) is 18.4 Å². The van der Waals surface area contributed by atoms with Crippen LogP contribution in [0.2, 0.25) is 0 Å². The van der Waals surface area contributed by atoms with Crippen LogP contribution in [0.1, 0.15) is 40.6 Å². The molecule has 0 bridgehead atoms. The van der Waals surface area contributed by atoms with Crippen molar-refractivity contribution in [2.24, 2.45) is 10.9 Å². The highest BCUT2D eigenvalue weighted by atomic mass is 79.9. The number of nitrogens with one attached hydrogen (secondary N) is 1. The van der Waals surface area contributed by atoms with E-state index in [9.17, 15) is 4.39 Å². The third-order valence-corrected chi connectivity index (χ3v) is 7.65. The summed E-state index contributed by atoms with van der Waals surface area (Å²) in [4.78, 5) is 4.73. The molecule has 1 aliphatic heterocycles. The summed E-state index contributed by atoms with van der Waals surface area (Å²) in [6.45, 7) is 0.353. The summed E-state index contributed by atoms with van der Waals surface area (Å²) < 4.78 is 20.2. The fourth-order valence-electron chi connectivity index (χ4n) is 5.28. The van der Waals surface area contributed by atoms with E-state index in [1.807, 2.05) is 24.4 Å². The van der Waals surface area contributed by atoms with Gasteiger partial charge in [0, 0.05) is 27.9 Å². The first kappa shape index (κ1) is 23.7. The number of nitrogens with zero attached hydrogens (tertiary/aromatic N) is 1. The molecule has 37 heavy (non-hydrogen) atoms. The van der Waals surface area contributed by atoms with Gasteiger partial charge in [0.2, 0.25) is 0 Å². The second-order valence-corrected chi connectivity index (χ2v) is 10.4. The van der Waals surface area contributed by atoms with Crippen molar-refractivity contribution in [1.82, 2.24) is 0 Å². The molecule has 5 heteroatoms. The van der Waals surface area contributed by atoms with Crippen molar-refractivity contribution in [2.75, 3.05) is 5.32 Å². The fourth-order valence-corrected chi connectivity index (χ4v) is 5.66. The van der Waals surface area contributed by atoms with Crippen LogP contribution in [0.3, 0.4) is 0 Å². The van der Waals surface area contributed by atoms with Crippen LogP contribution in [0.25, 0.3) is 0 Å². The Morgan fingerprint density at radius 1 is 0.973 bits per heavy atom. The fraction of sp³-hybridized carbons (Fsp3) is 0.156. The first-order chi connectivity index (χ1) is 18.1. The maximum absolute atomic E-state index is 13.2. The summed E-state index contributed by atoms with van der Waals surface area (Å²) in [5.74, 6) is 1.45. The van der Waals surface area contributed by atoms with Gasteiger partial charge in [-0.25, -0.2) is 4.39 Å². The monoisotopic (exact) mass is 552 g/mol. The molecule has 0 aromatic heterocycles. The van der Waals surface area contributed by atoms with Crippen molar-refractivity contribution in [3.63, 3.8) is 0 Å². The van der Waals surface area contributed by atoms with Gasteiger partial charge in [-0.15, -0.1) is 0 Å². The standard InChI is InChI=1S/C32H26BrFN2O/c33-24-12-17-31(37-20-21-8-13-25(34)14-9-21)23(18-24)19-35-26-15-10-22(11-16-26)32-29-6-3-5-27(29)28-4-1-2-7-30(28)36-32/h1-5,7-19,27,29,32,36H,6,20H2/t27-,29+,32+/m1/s1. The molecule has 3 nitrogen and oxygen atoms in total. The molecule has 4 aromatic carbocycles. The SMILES string of the molecule is Fc1ccc(COc2ccc(Br)cc2C=Nc2ccc([C@@H]3Nc4ccccc4[C@H]4C=CC[C@@H]43)cc2)cc1. The third kappa shape index (κ3) is 5.09. The van der Waals surface area contributed by atoms with E-state index in [2.05, 4.69) is 81.9 Å². The minimum absolute atomic E-state index is 0.255. The second kappa shape index (κ2) is 10.3. The molecule has 0 radical (unpaired) electrons. The van der Waals surface area contributed by atoms with Gasteiger partial charge in [0.25, 0.3) is 0 Å². The van der Waals surface area contributed by atoms with Crippen molar-refractivity contribution < 1.29 is 9.13 Å². The van der Waals surface area contributed by atoms with Crippen LogP contribution in [-0.4, -0.2) is 6.21 Å². The van der Waals surface area contributed by atoms with Crippen LogP contribution in [0, 0.1) is 11.7 Å². The van der Waals surface area contributed by atoms with Gasteiger partial charge in [0.15, 0.2) is 0 Å². The quantitative estimate of drug-likeness (QED) is 0.191. The van der Waals surface area contributed by atoms with Crippen molar-refractivity contribution in [1.29, 1.82) is 0 Å². The highest BCUT2D eigenvalue weighted by Crippen LogP contribution is 2.49. The maximum Gasteiger partial charge on any atom is 0.128 e. The average molecular weight is 553 g/mol. The van der Waals surface area contributed by atoms with E-state index in [0.717, 1.165) is 33.5 Å². The Morgan fingerprint density at radius 2 is 1.78 bits per heavy atom. The number of fused-ring (bicyclic) bond motifs is 3. The van der Waals surface area contributed by atoms with Crippen LogP contribution in [0.5, 0.6) is 5.75 Å². The summed E-state index contributed by atoms with van der Waals surface area (Å²) in [6, 6.07) is 29.6. The Labute approximate surface area is 224 Å². The predicted octanol–water partition coefficient (Wildman–Crippen LogP) is 8.74. The number of benzene rings is 4. The highest BCUT2D eigenvalue weighted by Gasteiger charge is 2.37. The lowest BCUT2D eigenvalue weighted by molar-refractivity contribution is 0.305. The predicted molar refractivity (Wildman–Crippen MR) is 151 cm³/mol. The first-order valence-electron chi connectivity index (χ1n) is 12.5. The van der Waals surface area contributed by atoms with E-state index >= 15 is 0 Å². The van der Waals surface area contributed by atoms with Gasteiger partial charge in [0.05, 0.1) is 11.7 Å². The van der Waals surface area contributed by atoms with Crippen molar-refractivity contribution >= 4 is 33.5 Å².